The lowest BCUT2D eigenvalue weighted by Gasteiger charge is -2.13. The third-order valence-electron chi connectivity index (χ3n) is 4.12. The van der Waals surface area contributed by atoms with Gasteiger partial charge in [-0.25, -0.2) is 4.98 Å². The normalized spacial score (nSPS) is 10.8. The fourth-order valence-electron chi connectivity index (χ4n) is 2.85. The zero-order chi connectivity index (χ0) is 17.9. The molecule has 4 aromatic rings. The molecule has 0 aliphatic rings. The summed E-state index contributed by atoms with van der Waals surface area (Å²) < 4.78 is 11.0. The first-order valence-electron chi connectivity index (χ1n) is 8.00. The lowest BCUT2D eigenvalue weighted by molar-refractivity contribution is 0.356. The highest BCUT2D eigenvalue weighted by molar-refractivity contribution is 7.13. The molecular formula is C19H16N4O2S. The third-order valence-corrected chi connectivity index (χ3v) is 4.90. The Morgan fingerprint density at radius 1 is 0.923 bits per heavy atom. The van der Waals surface area contributed by atoms with E-state index in [-0.39, 0.29) is 0 Å². The van der Waals surface area contributed by atoms with Crippen molar-refractivity contribution < 1.29 is 9.47 Å². The van der Waals surface area contributed by atoms with E-state index in [1.807, 2.05) is 29.6 Å². The van der Waals surface area contributed by atoms with E-state index < -0.39 is 0 Å². The molecule has 0 radical (unpaired) electrons. The first-order valence-corrected chi connectivity index (χ1v) is 8.88. The van der Waals surface area contributed by atoms with E-state index in [4.69, 9.17) is 9.47 Å². The summed E-state index contributed by atoms with van der Waals surface area (Å²) in [5.41, 5.74) is 2.73. The Bertz CT molecular complexity index is 1040. The number of fused-ring (bicyclic) bond motifs is 1. The van der Waals surface area contributed by atoms with Gasteiger partial charge in [-0.15, -0.1) is 16.4 Å². The predicted molar refractivity (Wildman–Crippen MR) is 101 cm³/mol. The molecule has 3 heterocycles. The maximum absolute atomic E-state index is 5.48. The number of pyridine rings is 1. The van der Waals surface area contributed by atoms with Gasteiger partial charge in [0.25, 0.3) is 0 Å². The number of benzene rings is 1. The molecule has 0 saturated heterocycles. The van der Waals surface area contributed by atoms with Crippen LogP contribution >= 0.6 is 11.3 Å². The fourth-order valence-corrected chi connectivity index (χ4v) is 3.49. The number of ether oxygens (including phenoxy) is 2. The monoisotopic (exact) mass is 364 g/mol. The van der Waals surface area contributed by atoms with Gasteiger partial charge in [-0.2, -0.15) is 5.10 Å². The van der Waals surface area contributed by atoms with Crippen LogP contribution in [-0.2, 0) is 6.42 Å². The van der Waals surface area contributed by atoms with Crippen molar-refractivity contribution in [2.24, 2.45) is 0 Å². The summed E-state index contributed by atoms with van der Waals surface area (Å²) >= 11 is 1.53. The zero-order valence-electron chi connectivity index (χ0n) is 14.3. The molecule has 0 spiro atoms. The second-order valence-corrected chi connectivity index (χ2v) is 6.51. The SMILES string of the molecule is COc1cc2c(Cc3ccncc3)nnc(-c3nccs3)c2cc1OC. The molecule has 0 aliphatic carbocycles. The van der Waals surface area contributed by atoms with Gasteiger partial charge in [0.1, 0.15) is 10.7 Å². The van der Waals surface area contributed by atoms with Gasteiger partial charge in [-0.1, -0.05) is 0 Å². The maximum Gasteiger partial charge on any atom is 0.161 e. The Morgan fingerprint density at radius 2 is 1.65 bits per heavy atom. The number of hydrogen-bond donors (Lipinski definition) is 0. The molecule has 26 heavy (non-hydrogen) atoms. The first-order chi connectivity index (χ1) is 12.8. The van der Waals surface area contributed by atoms with Crippen molar-refractivity contribution in [2.75, 3.05) is 14.2 Å². The van der Waals surface area contributed by atoms with Gasteiger partial charge in [0.2, 0.25) is 0 Å². The van der Waals surface area contributed by atoms with Crippen molar-refractivity contribution >= 4 is 22.1 Å². The topological polar surface area (TPSA) is 70.0 Å². The van der Waals surface area contributed by atoms with Crippen LogP contribution in [0, 0.1) is 0 Å². The predicted octanol–water partition coefficient (Wildman–Crippen LogP) is 3.76. The van der Waals surface area contributed by atoms with E-state index >= 15 is 0 Å². The maximum atomic E-state index is 5.48. The Balaban J connectivity index is 1.94. The molecule has 0 unspecified atom stereocenters. The molecule has 0 aliphatic heterocycles. The molecule has 130 valence electrons. The van der Waals surface area contributed by atoms with Crippen molar-refractivity contribution in [3.05, 3.63) is 59.5 Å². The highest BCUT2D eigenvalue weighted by atomic mass is 32.1. The number of thiazole rings is 1. The van der Waals surface area contributed by atoms with Crippen LogP contribution in [0.25, 0.3) is 21.5 Å². The largest absolute Gasteiger partial charge is 0.493 e. The van der Waals surface area contributed by atoms with Crippen LogP contribution in [-0.4, -0.2) is 34.4 Å². The van der Waals surface area contributed by atoms with E-state index in [2.05, 4.69) is 20.2 Å². The van der Waals surface area contributed by atoms with Gasteiger partial charge in [0.05, 0.1) is 19.9 Å². The molecular weight excluding hydrogens is 348 g/mol. The number of aromatic nitrogens is 4. The van der Waals surface area contributed by atoms with E-state index in [9.17, 15) is 0 Å². The average molecular weight is 364 g/mol. The molecule has 6 nitrogen and oxygen atoms in total. The van der Waals surface area contributed by atoms with E-state index in [0.29, 0.717) is 17.9 Å². The molecule has 0 N–H and O–H groups in total. The Hall–Kier alpha value is -3.06. The van der Waals surface area contributed by atoms with Gasteiger partial charge in [0, 0.05) is 41.2 Å². The summed E-state index contributed by atoms with van der Waals surface area (Å²) in [7, 11) is 3.25. The van der Waals surface area contributed by atoms with Crippen LogP contribution in [0.5, 0.6) is 11.5 Å². The van der Waals surface area contributed by atoms with Gasteiger partial charge in [-0.3, -0.25) is 4.98 Å². The van der Waals surface area contributed by atoms with Crippen LogP contribution < -0.4 is 9.47 Å². The number of hydrogen-bond acceptors (Lipinski definition) is 7. The summed E-state index contributed by atoms with van der Waals surface area (Å²) in [4.78, 5) is 8.45. The molecule has 0 fully saturated rings. The molecule has 0 saturated carbocycles. The zero-order valence-corrected chi connectivity index (χ0v) is 15.2. The Labute approximate surface area is 154 Å². The highest BCUT2D eigenvalue weighted by Crippen LogP contribution is 2.37. The fraction of sp³-hybridized carbons (Fsp3) is 0.158. The second kappa shape index (κ2) is 7.05. The molecule has 1 aromatic carbocycles. The number of methoxy groups -OCH3 is 2. The number of rotatable bonds is 5. The van der Waals surface area contributed by atoms with Crippen molar-refractivity contribution in [1.29, 1.82) is 0 Å². The smallest absolute Gasteiger partial charge is 0.161 e. The van der Waals surface area contributed by atoms with Crippen LogP contribution in [0.4, 0.5) is 0 Å². The van der Waals surface area contributed by atoms with E-state index in [1.165, 1.54) is 11.3 Å². The summed E-state index contributed by atoms with van der Waals surface area (Å²) in [6.45, 7) is 0. The summed E-state index contributed by atoms with van der Waals surface area (Å²) in [6, 6.07) is 7.85. The van der Waals surface area contributed by atoms with Crippen molar-refractivity contribution in [2.45, 2.75) is 6.42 Å². The Morgan fingerprint density at radius 3 is 2.31 bits per heavy atom. The van der Waals surface area contributed by atoms with Crippen LogP contribution in [0.1, 0.15) is 11.3 Å². The van der Waals surface area contributed by atoms with Gasteiger partial charge in [-0.05, 0) is 29.8 Å². The third kappa shape index (κ3) is 2.97. The summed E-state index contributed by atoms with van der Waals surface area (Å²) in [5, 5.41) is 13.6. The van der Waals surface area contributed by atoms with E-state index in [1.54, 1.807) is 32.8 Å². The van der Waals surface area contributed by atoms with Crippen LogP contribution in [0.2, 0.25) is 0 Å². The van der Waals surface area contributed by atoms with Crippen LogP contribution in [0.15, 0.2) is 48.2 Å². The average Bonchev–Trinajstić information content (AvgIpc) is 3.22. The van der Waals surface area contributed by atoms with Gasteiger partial charge >= 0.3 is 0 Å². The lowest BCUT2D eigenvalue weighted by atomic mass is 10.0. The minimum atomic E-state index is 0.652. The van der Waals surface area contributed by atoms with Crippen molar-refractivity contribution in [3.8, 4) is 22.2 Å². The molecule has 0 amide bonds. The van der Waals surface area contributed by atoms with Crippen LogP contribution in [0.3, 0.4) is 0 Å². The van der Waals surface area contributed by atoms with E-state index in [0.717, 1.165) is 32.7 Å². The van der Waals surface area contributed by atoms with Crippen molar-refractivity contribution in [1.82, 2.24) is 20.2 Å². The Kier molecular flexibility index (Phi) is 4.45. The minimum absolute atomic E-state index is 0.652. The molecule has 7 heteroatoms. The molecule has 4 rings (SSSR count). The molecule has 0 atom stereocenters. The van der Waals surface area contributed by atoms with Crippen molar-refractivity contribution in [3.63, 3.8) is 0 Å². The highest BCUT2D eigenvalue weighted by Gasteiger charge is 2.17. The molecule has 0 bridgehead atoms. The summed E-state index contributed by atoms with van der Waals surface area (Å²) in [6.07, 6.45) is 5.97. The second-order valence-electron chi connectivity index (χ2n) is 5.62. The van der Waals surface area contributed by atoms with Gasteiger partial charge in [0.15, 0.2) is 11.5 Å². The molecule has 3 aromatic heterocycles. The first kappa shape index (κ1) is 16.4. The number of nitrogens with zero attached hydrogens (tertiary/aromatic N) is 4. The minimum Gasteiger partial charge on any atom is -0.493 e. The lowest BCUT2D eigenvalue weighted by Crippen LogP contribution is -2.01. The summed E-state index contributed by atoms with van der Waals surface area (Å²) in [5.74, 6) is 1.31. The standard InChI is InChI=1S/C19H16N4O2S/c1-24-16-10-13-14(11-17(16)25-2)18(19-21-7-8-26-19)23-22-15(13)9-12-3-5-20-6-4-12/h3-8,10-11H,9H2,1-2H3. The van der Waals surface area contributed by atoms with Gasteiger partial charge < -0.3 is 9.47 Å². The quantitative estimate of drug-likeness (QED) is 0.537.